The first-order chi connectivity index (χ1) is 15.6. The van der Waals surface area contributed by atoms with Crippen LogP contribution in [0, 0.1) is 6.92 Å². The van der Waals surface area contributed by atoms with E-state index in [4.69, 9.17) is 0 Å². The van der Waals surface area contributed by atoms with Crippen LogP contribution in [0.5, 0.6) is 0 Å². The normalized spacial score (nSPS) is 13.8. The summed E-state index contributed by atoms with van der Waals surface area (Å²) in [6.07, 6.45) is 3.54. The molecular weight excluding hydrogens is 462 g/mol. The van der Waals surface area contributed by atoms with Crippen molar-refractivity contribution in [1.82, 2.24) is 14.5 Å². The van der Waals surface area contributed by atoms with E-state index in [1.54, 1.807) is 48.9 Å². The number of carbonyl (C=O) groups excluding carboxylic acids is 2. The van der Waals surface area contributed by atoms with Crippen LogP contribution in [0.1, 0.15) is 35.1 Å². The molecule has 1 aromatic carbocycles. The number of thiazole rings is 1. The number of amides is 2. The van der Waals surface area contributed by atoms with E-state index >= 15 is 0 Å². The highest BCUT2D eigenvalue weighted by Gasteiger charge is 2.26. The van der Waals surface area contributed by atoms with E-state index in [0.717, 1.165) is 25.9 Å². The quantitative estimate of drug-likeness (QED) is 0.553. The summed E-state index contributed by atoms with van der Waals surface area (Å²) < 4.78 is 30.1. The van der Waals surface area contributed by atoms with Gasteiger partial charge in [-0.3, -0.25) is 14.3 Å². The molecule has 1 aliphatic heterocycles. The topological polar surface area (TPSA) is 113 Å². The van der Waals surface area contributed by atoms with Crippen LogP contribution in [-0.2, 0) is 21.9 Å². The van der Waals surface area contributed by atoms with Crippen LogP contribution in [0.15, 0.2) is 41.4 Å². The summed E-state index contributed by atoms with van der Waals surface area (Å²) in [6, 6.07) is 7.94. The number of likely N-dealkylation sites (tertiary alicyclic amines) is 1. The van der Waals surface area contributed by atoms with Crippen LogP contribution in [0.4, 0.5) is 11.4 Å². The van der Waals surface area contributed by atoms with Crippen molar-refractivity contribution in [3.8, 4) is 10.7 Å². The predicted molar refractivity (Wildman–Crippen MR) is 128 cm³/mol. The number of hydrogen-bond acceptors (Lipinski definition) is 6. The van der Waals surface area contributed by atoms with E-state index < -0.39 is 10.0 Å². The SMILES string of the molecule is CC(=O)Nc1ccc(NS(=O)(=O)c2cc(-c3nc(C)c(C(=O)N4CCCC4)s3)n(C)c2)cc1. The Kier molecular flexibility index (Phi) is 6.26. The van der Waals surface area contributed by atoms with Crippen molar-refractivity contribution in [3.63, 3.8) is 0 Å². The van der Waals surface area contributed by atoms with Gasteiger partial charge in [0.05, 0.1) is 11.4 Å². The second kappa shape index (κ2) is 8.99. The first kappa shape index (κ1) is 23.0. The Hall–Kier alpha value is -3.18. The maximum atomic E-state index is 12.9. The molecule has 174 valence electrons. The highest BCUT2D eigenvalue weighted by Crippen LogP contribution is 2.32. The summed E-state index contributed by atoms with van der Waals surface area (Å²) >= 11 is 1.28. The zero-order valence-electron chi connectivity index (χ0n) is 18.6. The fourth-order valence-corrected chi connectivity index (χ4v) is 5.92. The Bertz CT molecular complexity index is 1300. The van der Waals surface area contributed by atoms with E-state index in [1.807, 2.05) is 4.90 Å². The van der Waals surface area contributed by atoms with Gasteiger partial charge in [-0.15, -0.1) is 11.3 Å². The predicted octanol–water partition coefficient (Wildman–Crippen LogP) is 3.45. The molecule has 0 bridgehead atoms. The van der Waals surface area contributed by atoms with Crippen LogP contribution >= 0.6 is 11.3 Å². The molecule has 2 N–H and O–H groups in total. The number of anilines is 2. The van der Waals surface area contributed by atoms with Crippen molar-refractivity contribution in [2.75, 3.05) is 23.1 Å². The highest BCUT2D eigenvalue weighted by atomic mass is 32.2. The zero-order valence-corrected chi connectivity index (χ0v) is 20.2. The van der Waals surface area contributed by atoms with Crippen molar-refractivity contribution in [2.45, 2.75) is 31.6 Å². The Morgan fingerprint density at radius 3 is 2.36 bits per heavy atom. The Morgan fingerprint density at radius 1 is 1.09 bits per heavy atom. The van der Waals surface area contributed by atoms with Crippen molar-refractivity contribution < 1.29 is 18.0 Å². The minimum absolute atomic E-state index is 0.0137. The summed E-state index contributed by atoms with van der Waals surface area (Å²) in [4.78, 5) is 31.0. The Morgan fingerprint density at radius 2 is 1.73 bits per heavy atom. The molecule has 33 heavy (non-hydrogen) atoms. The first-order valence-corrected chi connectivity index (χ1v) is 12.8. The molecule has 0 radical (unpaired) electrons. The van der Waals surface area contributed by atoms with Gasteiger partial charge in [0.1, 0.15) is 14.8 Å². The third kappa shape index (κ3) is 4.93. The highest BCUT2D eigenvalue weighted by molar-refractivity contribution is 7.92. The third-order valence-electron chi connectivity index (χ3n) is 5.35. The zero-order chi connectivity index (χ0) is 23.8. The Labute approximate surface area is 196 Å². The van der Waals surface area contributed by atoms with E-state index in [2.05, 4.69) is 15.0 Å². The van der Waals surface area contributed by atoms with Gasteiger partial charge in [0.25, 0.3) is 15.9 Å². The van der Waals surface area contributed by atoms with Crippen LogP contribution in [-0.4, -0.2) is 47.8 Å². The van der Waals surface area contributed by atoms with Crippen molar-refractivity contribution in [1.29, 1.82) is 0 Å². The molecule has 0 unspecified atom stereocenters. The molecule has 1 aliphatic rings. The minimum Gasteiger partial charge on any atom is -0.347 e. The monoisotopic (exact) mass is 487 g/mol. The smallest absolute Gasteiger partial charge is 0.265 e. The number of benzene rings is 1. The second-order valence-electron chi connectivity index (χ2n) is 7.97. The van der Waals surface area contributed by atoms with Crippen molar-refractivity contribution in [2.24, 2.45) is 7.05 Å². The lowest BCUT2D eigenvalue weighted by atomic mass is 10.3. The summed E-state index contributed by atoms with van der Waals surface area (Å²) in [5, 5.41) is 3.23. The average Bonchev–Trinajstić information content (AvgIpc) is 3.48. The summed E-state index contributed by atoms with van der Waals surface area (Å²) in [7, 11) is -2.10. The van der Waals surface area contributed by atoms with Crippen molar-refractivity contribution >= 4 is 44.5 Å². The van der Waals surface area contributed by atoms with E-state index in [9.17, 15) is 18.0 Å². The maximum absolute atomic E-state index is 12.9. The number of aromatic nitrogens is 2. The van der Waals surface area contributed by atoms with Crippen LogP contribution < -0.4 is 10.0 Å². The van der Waals surface area contributed by atoms with E-state index in [-0.39, 0.29) is 16.7 Å². The fourth-order valence-electron chi connectivity index (χ4n) is 3.70. The van der Waals surface area contributed by atoms with Gasteiger partial charge in [-0.2, -0.15) is 0 Å². The van der Waals surface area contributed by atoms with Crippen LogP contribution in [0.3, 0.4) is 0 Å². The summed E-state index contributed by atoms with van der Waals surface area (Å²) in [5.74, 6) is -0.219. The van der Waals surface area contributed by atoms with E-state index in [0.29, 0.717) is 32.6 Å². The molecule has 0 spiro atoms. The second-order valence-corrected chi connectivity index (χ2v) is 10.7. The molecule has 1 fully saturated rings. The third-order valence-corrected chi connectivity index (χ3v) is 7.87. The number of carbonyl (C=O) groups is 2. The van der Waals surface area contributed by atoms with E-state index in [1.165, 1.54) is 24.5 Å². The lowest BCUT2D eigenvalue weighted by Crippen LogP contribution is -2.27. The van der Waals surface area contributed by atoms with Gasteiger partial charge >= 0.3 is 0 Å². The van der Waals surface area contributed by atoms with Gasteiger partial charge in [-0.1, -0.05) is 0 Å². The lowest BCUT2D eigenvalue weighted by molar-refractivity contribution is -0.114. The molecule has 2 aromatic heterocycles. The maximum Gasteiger partial charge on any atom is 0.265 e. The molecule has 4 rings (SSSR count). The lowest BCUT2D eigenvalue weighted by Gasteiger charge is -2.13. The van der Waals surface area contributed by atoms with Gasteiger partial charge in [-0.05, 0) is 50.1 Å². The fraction of sp³-hybridized carbons (Fsp3) is 0.318. The van der Waals surface area contributed by atoms with Gasteiger partial charge in [0.15, 0.2) is 0 Å². The number of sulfonamides is 1. The molecule has 0 atom stereocenters. The van der Waals surface area contributed by atoms with Gasteiger partial charge < -0.3 is 14.8 Å². The molecule has 1 saturated heterocycles. The molecule has 0 aliphatic carbocycles. The minimum atomic E-state index is -3.85. The molecule has 3 heterocycles. The number of nitrogens with zero attached hydrogens (tertiary/aromatic N) is 3. The molecule has 2 amide bonds. The molecule has 11 heteroatoms. The van der Waals surface area contributed by atoms with Gasteiger partial charge in [0, 0.05) is 44.6 Å². The van der Waals surface area contributed by atoms with Crippen molar-refractivity contribution in [3.05, 3.63) is 47.1 Å². The number of nitrogens with one attached hydrogen (secondary N) is 2. The van der Waals surface area contributed by atoms with Gasteiger partial charge in [0.2, 0.25) is 5.91 Å². The number of hydrogen-bond donors (Lipinski definition) is 2. The largest absolute Gasteiger partial charge is 0.347 e. The summed E-state index contributed by atoms with van der Waals surface area (Å²) in [6.45, 7) is 4.72. The van der Waals surface area contributed by atoms with Crippen LogP contribution in [0.25, 0.3) is 10.7 Å². The number of aryl methyl sites for hydroxylation is 2. The average molecular weight is 488 g/mol. The van der Waals surface area contributed by atoms with Crippen LogP contribution in [0.2, 0.25) is 0 Å². The molecule has 0 saturated carbocycles. The number of rotatable bonds is 6. The summed E-state index contributed by atoms with van der Waals surface area (Å²) in [5.41, 5.74) is 2.21. The standard InChI is InChI=1S/C22H25N5O4S2/c1-14-20(22(29)27-10-4-5-11-27)32-21(23-14)19-12-18(13-26(19)3)33(30,31)25-17-8-6-16(7-9-17)24-15(2)28/h6-9,12-13,25H,4-5,10-11H2,1-3H3,(H,24,28). The molecule has 3 aromatic rings. The van der Waals surface area contributed by atoms with Gasteiger partial charge in [-0.25, -0.2) is 13.4 Å². The molecule has 9 nitrogen and oxygen atoms in total. The first-order valence-electron chi connectivity index (χ1n) is 10.5. The molecular formula is C22H25N5O4S2. The Balaban J connectivity index is 1.56.